The Morgan fingerprint density at radius 3 is 3.00 bits per heavy atom. The Hall–Kier alpha value is -1.64. The predicted molar refractivity (Wildman–Crippen MR) is 87.5 cm³/mol. The maximum absolute atomic E-state index is 8.66. The molecule has 0 radical (unpaired) electrons. The molecule has 0 aliphatic heterocycles. The van der Waals surface area contributed by atoms with E-state index in [1.54, 1.807) is 0 Å². The molecule has 0 saturated heterocycles. The van der Waals surface area contributed by atoms with Crippen LogP contribution in [-0.4, -0.2) is 30.8 Å². The molecular formula is C17H26N4O. The normalized spacial score (nSPS) is 28.1. The van der Waals surface area contributed by atoms with Crippen molar-refractivity contribution in [2.24, 2.45) is 11.7 Å². The molecule has 0 aromatic carbocycles. The zero-order chi connectivity index (χ0) is 15.9. The van der Waals surface area contributed by atoms with Crippen LogP contribution in [0.2, 0.25) is 0 Å². The summed E-state index contributed by atoms with van der Waals surface area (Å²) in [4.78, 5) is 4.19. The number of hydrogen-bond acceptors (Lipinski definition) is 5. The molecule has 3 N–H and O–H groups in total. The van der Waals surface area contributed by atoms with E-state index in [-0.39, 0.29) is 12.1 Å². The lowest BCUT2D eigenvalue weighted by molar-refractivity contribution is -0.0268. The van der Waals surface area contributed by atoms with Gasteiger partial charge in [0.05, 0.1) is 37.1 Å². The average molecular weight is 302 g/mol. The minimum atomic E-state index is 0.0141. The quantitative estimate of drug-likeness (QED) is 0.789. The summed E-state index contributed by atoms with van der Waals surface area (Å²) >= 11 is 0. The third-order valence-corrected chi connectivity index (χ3v) is 4.64. The Morgan fingerprint density at radius 2 is 2.32 bits per heavy atom. The summed E-state index contributed by atoms with van der Waals surface area (Å²) in [5, 5.41) is 11.9. The van der Waals surface area contributed by atoms with Gasteiger partial charge in [0.2, 0.25) is 0 Å². The third kappa shape index (κ3) is 3.76. The zero-order valence-corrected chi connectivity index (χ0v) is 13.5. The molecule has 1 heterocycles. The number of pyridine rings is 1. The summed E-state index contributed by atoms with van der Waals surface area (Å²) < 4.78 is 5.90. The van der Waals surface area contributed by atoms with E-state index in [0.29, 0.717) is 24.9 Å². The number of rotatable bonds is 6. The molecule has 1 fully saturated rings. The third-order valence-electron chi connectivity index (χ3n) is 4.64. The fourth-order valence-electron chi connectivity index (χ4n) is 3.53. The predicted octanol–water partition coefficient (Wildman–Crippen LogP) is 2.65. The Balaban J connectivity index is 2.11. The second-order valence-corrected chi connectivity index (χ2v) is 5.96. The standard InChI is InChI=1S/C17H26N4O/c1-3-12-9-13(14-5-7-21-11-16(14)20-2)10-15(19)17(12)22-8-4-6-18/h5,7,11-13,15,17,20H,3-4,8-10,19H2,1-2H3. The van der Waals surface area contributed by atoms with Crippen molar-refractivity contribution in [3.8, 4) is 6.07 Å². The van der Waals surface area contributed by atoms with Gasteiger partial charge in [0.25, 0.3) is 0 Å². The van der Waals surface area contributed by atoms with Crippen molar-refractivity contribution in [3.05, 3.63) is 24.0 Å². The van der Waals surface area contributed by atoms with Gasteiger partial charge in [-0.05, 0) is 36.3 Å². The van der Waals surface area contributed by atoms with E-state index in [1.807, 2.05) is 19.4 Å². The van der Waals surface area contributed by atoms with Gasteiger partial charge in [-0.1, -0.05) is 13.3 Å². The van der Waals surface area contributed by atoms with Crippen LogP contribution < -0.4 is 11.1 Å². The van der Waals surface area contributed by atoms with Crippen molar-refractivity contribution in [2.45, 2.75) is 50.7 Å². The first-order chi connectivity index (χ1) is 10.7. The number of aromatic nitrogens is 1. The monoisotopic (exact) mass is 302 g/mol. The van der Waals surface area contributed by atoms with E-state index in [2.05, 4.69) is 29.4 Å². The first-order valence-corrected chi connectivity index (χ1v) is 8.07. The van der Waals surface area contributed by atoms with Crippen molar-refractivity contribution in [2.75, 3.05) is 19.0 Å². The molecule has 4 atom stereocenters. The highest BCUT2D eigenvalue weighted by Gasteiger charge is 2.36. The highest BCUT2D eigenvalue weighted by atomic mass is 16.5. The van der Waals surface area contributed by atoms with E-state index in [1.165, 1.54) is 5.56 Å². The zero-order valence-electron chi connectivity index (χ0n) is 13.5. The van der Waals surface area contributed by atoms with Gasteiger partial charge in [0, 0.05) is 19.3 Å². The fraction of sp³-hybridized carbons (Fsp3) is 0.647. The van der Waals surface area contributed by atoms with Crippen molar-refractivity contribution in [1.82, 2.24) is 4.98 Å². The molecule has 4 unspecified atom stereocenters. The second-order valence-electron chi connectivity index (χ2n) is 5.96. The topological polar surface area (TPSA) is 84.0 Å². The highest BCUT2D eigenvalue weighted by Crippen LogP contribution is 2.40. The number of hydrogen-bond donors (Lipinski definition) is 2. The van der Waals surface area contributed by atoms with Crippen molar-refractivity contribution < 1.29 is 4.74 Å². The van der Waals surface area contributed by atoms with Crippen molar-refractivity contribution in [1.29, 1.82) is 5.26 Å². The number of nitriles is 1. The summed E-state index contributed by atoms with van der Waals surface area (Å²) in [5.41, 5.74) is 8.78. The van der Waals surface area contributed by atoms with Crippen molar-refractivity contribution in [3.63, 3.8) is 0 Å². The molecule has 1 saturated carbocycles. The molecular weight excluding hydrogens is 276 g/mol. The van der Waals surface area contributed by atoms with Crippen LogP contribution in [0.3, 0.4) is 0 Å². The summed E-state index contributed by atoms with van der Waals surface area (Å²) in [6.45, 7) is 2.67. The van der Waals surface area contributed by atoms with Crippen LogP contribution in [0.4, 0.5) is 5.69 Å². The van der Waals surface area contributed by atoms with Crippen LogP contribution in [-0.2, 0) is 4.74 Å². The molecule has 1 aliphatic carbocycles. The van der Waals surface area contributed by atoms with Gasteiger partial charge < -0.3 is 15.8 Å². The van der Waals surface area contributed by atoms with Crippen LogP contribution in [0.25, 0.3) is 0 Å². The van der Waals surface area contributed by atoms with Crippen LogP contribution in [0.15, 0.2) is 18.5 Å². The highest BCUT2D eigenvalue weighted by molar-refractivity contribution is 5.50. The van der Waals surface area contributed by atoms with E-state index in [9.17, 15) is 0 Å². The maximum atomic E-state index is 8.66. The maximum Gasteiger partial charge on any atom is 0.0754 e. The summed E-state index contributed by atoms with van der Waals surface area (Å²) in [7, 11) is 1.92. The van der Waals surface area contributed by atoms with Gasteiger partial charge in [-0.2, -0.15) is 5.26 Å². The second kappa shape index (κ2) is 8.11. The molecule has 120 valence electrons. The van der Waals surface area contributed by atoms with Crippen molar-refractivity contribution >= 4 is 5.69 Å². The fourth-order valence-corrected chi connectivity index (χ4v) is 3.53. The van der Waals surface area contributed by atoms with Crippen LogP contribution in [0.5, 0.6) is 0 Å². The van der Waals surface area contributed by atoms with E-state index in [0.717, 1.165) is 24.9 Å². The molecule has 0 amide bonds. The summed E-state index contributed by atoms with van der Waals surface area (Å²) in [5.74, 6) is 0.867. The van der Waals surface area contributed by atoms with Gasteiger partial charge >= 0.3 is 0 Å². The van der Waals surface area contributed by atoms with Gasteiger partial charge in [-0.25, -0.2) is 0 Å². The summed E-state index contributed by atoms with van der Waals surface area (Å²) in [6.07, 6.45) is 7.23. The van der Waals surface area contributed by atoms with E-state index < -0.39 is 0 Å². The largest absolute Gasteiger partial charge is 0.387 e. The minimum absolute atomic E-state index is 0.0141. The number of ether oxygens (including phenoxy) is 1. The minimum Gasteiger partial charge on any atom is -0.387 e. The SMILES string of the molecule is CCC1CC(c2ccncc2NC)CC(N)C1OCCC#N. The van der Waals surface area contributed by atoms with E-state index >= 15 is 0 Å². The molecule has 1 aliphatic rings. The Kier molecular flexibility index (Phi) is 6.17. The number of anilines is 1. The molecule has 5 nitrogen and oxygen atoms in total. The Bertz CT molecular complexity index is 514. The van der Waals surface area contributed by atoms with Crippen LogP contribution >= 0.6 is 0 Å². The molecule has 2 rings (SSSR count). The first-order valence-electron chi connectivity index (χ1n) is 8.07. The molecule has 0 spiro atoms. The number of nitrogens with one attached hydrogen (secondary N) is 1. The lowest BCUT2D eigenvalue weighted by atomic mass is 9.73. The lowest BCUT2D eigenvalue weighted by Gasteiger charge is -2.40. The smallest absolute Gasteiger partial charge is 0.0754 e. The Morgan fingerprint density at radius 1 is 1.50 bits per heavy atom. The molecule has 1 aromatic rings. The van der Waals surface area contributed by atoms with E-state index in [4.69, 9.17) is 15.7 Å². The Labute approximate surface area is 132 Å². The molecule has 5 heteroatoms. The van der Waals surface area contributed by atoms with Gasteiger partial charge in [0.15, 0.2) is 0 Å². The number of nitrogens with two attached hydrogens (primary N) is 1. The molecule has 22 heavy (non-hydrogen) atoms. The summed E-state index contributed by atoms with van der Waals surface area (Å²) in [6, 6.07) is 4.23. The van der Waals surface area contributed by atoms with Crippen LogP contribution in [0, 0.1) is 17.2 Å². The lowest BCUT2D eigenvalue weighted by Crippen LogP contribution is -2.47. The van der Waals surface area contributed by atoms with Gasteiger partial charge in [0.1, 0.15) is 0 Å². The van der Waals surface area contributed by atoms with Crippen LogP contribution in [0.1, 0.15) is 44.1 Å². The molecule has 1 aromatic heterocycles. The average Bonchev–Trinajstić information content (AvgIpc) is 2.56. The van der Waals surface area contributed by atoms with Gasteiger partial charge in [-0.3, -0.25) is 4.98 Å². The number of nitrogens with zero attached hydrogens (tertiary/aromatic N) is 2. The van der Waals surface area contributed by atoms with Gasteiger partial charge in [-0.15, -0.1) is 0 Å². The first kappa shape index (κ1) is 16.7. The molecule has 0 bridgehead atoms.